The van der Waals surface area contributed by atoms with Crippen molar-refractivity contribution in [3.63, 3.8) is 0 Å². The number of hydrogen-bond acceptors (Lipinski definition) is 5. The molecule has 0 radical (unpaired) electrons. The van der Waals surface area contributed by atoms with Crippen LogP contribution < -0.4 is 0 Å². The summed E-state index contributed by atoms with van der Waals surface area (Å²) in [6, 6.07) is 5.18. The molecule has 0 amide bonds. The second kappa shape index (κ2) is 7.52. The van der Waals surface area contributed by atoms with Gasteiger partial charge in [-0.1, -0.05) is 33.3 Å². The van der Waals surface area contributed by atoms with Gasteiger partial charge < -0.3 is 24.4 Å². The predicted octanol–water partition coefficient (Wildman–Crippen LogP) is 3.79. The number of hydrogen-bond donors (Lipinski definition) is 2. The van der Waals surface area contributed by atoms with E-state index in [1.165, 1.54) is 0 Å². The van der Waals surface area contributed by atoms with E-state index in [1.807, 2.05) is 6.07 Å². The lowest BCUT2D eigenvalue weighted by Crippen LogP contribution is -2.43. The molecule has 1 saturated heterocycles. The summed E-state index contributed by atoms with van der Waals surface area (Å²) in [4.78, 5) is 0. The van der Waals surface area contributed by atoms with Gasteiger partial charge >= 0.3 is 0 Å². The molecule has 1 saturated carbocycles. The van der Waals surface area contributed by atoms with Crippen molar-refractivity contribution in [3.05, 3.63) is 23.8 Å². The van der Waals surface area contributed by atoms with Gasteiger partial charge in [-0.15, -0.1) is 0 Å². The van der Waals surface area contributed by atoms with Crippen molar-refractivity contribution in [2.45, 2.75) is 58.2 Å². The molecule has 140 valence electrons. The standard InChI is InChI=1S/C20H30O5/c1-13(2)20(3)8-4-5-18(24-11-15-10-23-12-25-15)19(20)14-6-7-16(21)17(22)9-14/h6-7,9,13,15,18-19,21-22H,4-5,8,10-12H2,1-3H3. The Labute approximate surface area is 149 Å². The highest BCUT2D eigenvalue weighted by atomic mass is 16.7. The predicted molar refractivity (Wildman–Crippen MR) is 94.7 cm³/mol. The Kier molecular flexibility index (Phi) is 5.56. The Hall–Kier alpha value is -1.30. The Morgan fingerprint density at radius 1 is 1.28 bits per heavy atom. The fraction of sp³-hybridized carbons (Fsp3) is 0.700. The van der Waals surface area contributed by atoms with E-state index in [4.69, 9.17) is 14.2 Å². The SMILES string of the molecule is CC(C)C1(C)CCCC(OCC2COCO2)C1c1ccc(O)c(O)c1. The van der Waals surface area contributed by atoms with Crippen LogP contribution in [0.25, 0.3) is 0 Å². The van der Waals surface area contributed by atoms with E-state index in [-0.39, 0.29) is 35.0 Å². The molecule has 1 aromatic rings. The molecule has 3 rings (SSSR count). The molecule has 0 aromatic heterocycles. The average molecular weight is 350 g/mol. The first-order chi connectivity index (χ1) is 11.9. The van der Waals surface area contributed by atoms with Crippen molar-refractivity contribution in [1.82, 2.24) is 0 Å². The lowest BCUT2D eigenvalue weighted by Gasteiger charge is -2.49. The number of rotatable bonds is 5. The van der Waals surface area contributed by atoms with E-state index >= 15 is 0 Å². The Bertz CT molecular complexity index is 581. The van der Waals surface area contributed by atoms with E-state index < -0.39 is 0 Å². The normalized spacial score (nSPS) is 33.0. The Morgan fingerprint density at radius 2 is 2.08 bits per heavy atom. The average Bonchev–Trinajstić information content (AvgIpc) is 3.09. The molecule has 5 heteroatoms. The minimum Gasteiger partial charge on any atom is -0.504 e. The molecule has 1 aliphatic heterocycles. The maximum Gasteiger partial charge on any atom is 0.157 e. The molecule has 0 bridgehead atoms. The molecule has 4 atom stereocenters. The van der Waals surface area contributed by atoms with Crippen LogP contribution in [0.15, 0.2) is 18.2 Å². The van der Waals surface area contributed by atoms with Gasteiger partial charge in [-0.3, -0.25) is 0 Å². The number of ether oxygens (including phenoxy) is 3. The fourth-order valence-electron chi connectivity index (χ4n) is 4.29. The third-order valence-electron chi connectivity index (χ3n) is 6.15. The first-order valence-corrected chi connectivity index (χ1v) is 9.24. The van der Waals surface area contributed by atoms with Gasteiger partial charge in [0.1, 0.15) is 12.9 Å². The van der Waals surface area contributed by atoms with Crippen molar-refractivity contribution < 1.29 is 24.4 Å². The Morgan fingerprint density at radius 3 is 2.72 bits per heavy atom. The molecule has 4 unspecified atom stereocenters. The topological polar surface area (TPSA) is 68.2 Å². The minimum absolute atomic E-state index is 0.00102. The van der Waals surface area contributed by atoms with Gasteiger partial charge in [0.05, 0.1) is 19.3 Å². The lowest BCUT2D eigenvalue weighted by atomic mass is 9.58. The third kappa shape index (κ3) is 3.78. The quantitative estimate of drug-likeness (QED) is 0.791. The first-order valence-electron chi connectivity index (χ1n) is 9.24. The molecule has 1 aliphatic carbocycles. The van der Waals surface area contributed by atoms with Crippen molar-refractivity contribution >= 4 is 0 Å². The van der Waals surface area contributed by atoms with Gasteiger partial charge in [0.25, 0.3) is 0 Å². The van der Waals surface area contributed by atoms with Crippen LogP contribution in [-0.2, 0) is 14.2 Å². The molecule has 0 spiro atoms. The van der Waals surface area contributed by atoms with Gasteiger partial charge in [0.15, 0.2) is 11.5 Å². The second-order valence-electron chi connectivity index (χ2n) is 7.93. The van der Waals surface area contributed by atoms with Crippen LogP contribution in [0.4, 0.5) is 0 Å². The summed E-state index contributed by atoms with van der Waals surface area (Å²) in [6.07, 6.45) is 3.31. The molecule has 2 aliphatic rings. The van der Waals surface area contributed by atoms with Crippen molar-refractivity contribution in [2.24, 2.45) is 11.3 Å². The zero-order valence-corrected chi connectivity index (χ0v) is 15.4. The summed E-state index contributed by atoms with van der Waals surface area (Å²) < 4.78 is 17.1. The highest BCUT2D eigenvalue weighted by Crippen LogP contribution is 2.53. The number of phenols is 2. The molecular formula is C20H30O5. The molecule has 1 heterocycles. The number of aromatic hydroxyl groups is 2. The van der Waals surface area contributed by atoms with Gasteiger partial charge in [-0.05, 0) is 41.9 Å². The molecule has 2 fully saturated rings. The van der Waals surface area contributed by atoms with Crippen molar-refractivity contribution in [1.29, 1.82) is 0 Å². The summed E-state index contributed by atoms with van der Waals surface area (Å²) in [7, 11) is 0. The summed E-state index contributed by atoms with van der Waals surface area (Å²) in [5.74, 6) is 0.487. The maximum atomic E-state index is 10.0. The van der Waals surface area contributed by atoms with Crippen LogP contribution in [0.5, 0.6) is 11.5 Å². The second-order valence-corrected chi connectivity index (χ2v) is 7.93. The van der Waals surface area contributed by atoms with Gasteiger partial charge in [0, 0.05) is 5.92 Å². The number of phenolic OH excluding ortho intramolecular Hbond substituents is 2. The summed E-state index contributed by atoms with van der Waals surface area (Å²) in [5, 5.41) is 19.7. The van der Waals surface area contributed by atoms with E-state index in [2.05, 4.69) is 20.8 Å². The zero-order valence-electron chi connectivity index (χ0n) is 15.4. The first kappa shape index (κ1) is 18.5. The lowest BCUT2D eigenvalue weighted by molar-refractivity contribution is -0.0766. The largest absolute Gasteiger partial charge is 0.504 e. The van der Waals surface area contributed by atoms with E-state index in [1.54, 1.807) is 12.1 Å². The highest BCUT2D eigenvalue weighted by molar-refractivity contribution is 5.42. The van der Waals surface area contributed by atoms with E-state index in [0.717, 1.165) is 24.8 Å². The van der Waals surface area contributed by atoms with Gasteiger partial charge in [-0.25, -0.2) is 0 Å². The zero-order chi connectivity index (χ0) is 18.0. The summed E-state index contributed by atoms with van der Waals surface area (Å²) >= 11 is 0. The number of benzene rings is 1. The molecule has 1 aromatic carbocycles. The van der Waals surface area contributed by atoms with Crippen LogP contribution >= 0.6 is 0 Å². The van der Waals surface area contributed by atoms with Gasteiger partial charge in [0.2, 0.25) is 0 Å². The third-order valence-corrected chi connectivity index (χ3v) is 6.15. The molecule has 5 nitrogen and oxygen atoms in total. The monoisotopic (exact) mass is 350 g/mol. The fourth-order valence-corrected chi connectivity index (χ4v) is 4.29. The highest BCUT2D eigenvalue weighted by Gasteiger charge is 2.46. The van der Waals surface area contributed by atoms with E-state index in [9.17, 15) is 10.2 Å². The van der Waals surface area contributed by atoms with Crippen LogP contribution in [0, 0.1) is 11.3 Å². The summed E-state index contributed by atoms with van der Waals surface area (Å²) in [5.41, 5.74) is 1.10. The summed E-state index contributed by atoms with van der Waals surface area (Å²) in [6.45, 7) is 8.28. The van der Waals surface area contributed by atoms with E-state index in [0.29, 0.717) is 25.9 Å². The molecule has 2 N–H and O–H groups in total. The smallest absolute Gasteiger partial charge is 0.157 e. The molecular weight excluding hydrogens is 320 g/mol. The van der Waals surface area contributed by atoms with Crippen LogP contribution in [0.2, 0.25) is 0 Å². The van der Waals surface area contributed by atoms with Crippen LogP contribution in [0.3, 0.4) is 0 Å². The van der Waals surface area contributed by atoms with Gasteiger partial charge in [-0.2, -0.15) is 0 Å². The Balaban J connectivity index is 1.86. The van der Waals surface area contributed by atoms with Crippen molar-refractivity contribution in [3.8, 4) is 11.5 Å². The van der Waals surface area contributed by atoms with Crippen molar-refractivity contribution in [2.75, 3.05) is 20.0 Å². The maximum absolute atomic E-state index is 10.0. The van der Waals surface area contributed by atoms with Crippen LogP contribution in [-0.4, -0.2) is 42.4 Å². The van der Waals surface area contributed by atoms with Crippen LogP contribution in [0.1, 0.15) is 51.5 Å². The minimum atomic E-state index is -0.0835. The molecule has 25 heavy (non-hydrogen) atoms.